The van der Waals surface area contributed by atoms with Crippen LogP contribution in [-0.4, -0.2) is 22.2 Å². The maximum absolute atomic E-state index is 5.11. The molecule has 90 valence electrons. The summed E-state index contributed by atoms with van der Waals surface area (Å²) in [5.41, 5.74) is 0.846. The molecule has 0 saturated heterocycles. The monoisotopic (exact) mass is 233 g/mol. The van der Waals surface area contributed by atoms with Gasteiger partial charge in [0, 0.05) is 0 Å². The van der Waals surface area contributed by atoms with Crippen LogP contribution in [0.3, 0.4) is 0 Å². The van der Waals surface area contributed by atoms with Gasteiger partial charge in [-0.25, -0.2) is 0 Å². The van der Waals surface area contributed by atoms with E-state index in [1.165, 1.54) is 0 Å². The molecule has 0 radical (unpaired) electrons. The summed E-state index contributed by atoms with van der Waals surface area (Å²) in [4.78, 5) is 1.69. The third kappa shape index (κ3) is 2.43. The lowest BCUT2D eigenvalue weighted by Gasteiger charge is -2.07. The van der Waals surface area contributed by atoms with Gasteiger partial charge in [0.15, 0.2) is 0 Å². The zero-order valence-electron chi connectivity index (χ0n) is 10.6. The Balaban J connectivity index is 2.30. The number of nitrogens with zero attached hydrogens (tertiary/aromatic N) is 4. The van der Waals surface area contributed by atoms with Gasteiger partial charge in [-0.05, 0) is 49.8 Å². The van der Waals surface area contributed by atoms with Gasteiger partial charge in [-0.15, -0.1) is 4.68 Å². The number of hydrogen-bond donors (Lipinski definition) is 0. The van der Waals surface area contributed by atoms with E-state index in [0.717, 1.165) is 11.4 Å². The average molecular weight is 233 g/mol. The van der Waals surface area contributed by atoms with Crippen LogP contribution in [0, 0.1) is 0 Å². The molecule has 2 aromatic rings. The lowest BCUT2D eigenvalue weighted by molar-refractivity contribution is -0.663. The van der Waals surface area contributed by atoms with Crippen LogP contribution >= 0.6 is 0 Å². The zero-order chi connectivity index (χ0) is 12.5. The zero-order valence-corrected chi connectivity index (χ0v) is 10.6. The van der Waals surface area contributed by atoms with Crippen molar-refractivity contribution in [2.45, 2.75) is 26.3 Å². The highest BCUT2D eigenvalue weighted by atomic mass is 16.5. The van der Waals surface area contributed by atoms with Crippen molar-refractivity contribution < 1.29 is 9.42 Å². The van der Waals surface area contributed by atoms with Gasteiger partial charge in [-0.1, -0.05) is 0 Å². The Bertz CT molecular complexity index is 496. The second kappa shape index (κ2) is 4.16. The lowest BCUT2D eigenvalue weighted by atomic mass is 10.1. The van der Waals surface area contributed by atoms with Crippen LogP contribution < -0.4 is 9.42 Å². The van der Waals surface area contributed by atoms with Crippen molar-refractivity contribution in [2.75, 3.05) is 7.11 Å². The second-order valence-electron chi connectivity index (χ2n) is 4.82. The molecule has 0 N–H and O–H groups in total. The van der Waals surface area contributed by atoms with Crippen LogP contribution in [0.2, 0.25) is 0 Å². The van der Waals surface area contributed by atoms with Gasteiger partial charge in [0.1, 0.15) is 17.0 Å². The number of methoxy groups -OCH3 is 1. The van der Waals surface area contributed by atoms with Gasteiger partial charge in [-0.2, -0.15) is 0 Å². The van der Waals surface area contributed by atoms with Crippen molar-refractivity contribution in [3.05, 3.63) is 30.6 Å². The molecule has 0 saturated carbocycles. The Labute approximate surface area is 101 Å². The third-order valence-corrected chi connectivity index (χ3v) is 2.39. The summed E-state index contributed by atoms with van der Waals surface area (Å²) in [5.74, 6) is 0.831. The number of benzene rings is 1. The van der Waals surface area contributed by atoms with E-state index < -0.39 is 0 Å². The SMILES string of the molecule is COc1ccc(-[n+]2cnn(C(C)(C)C)n2)cc1. The van der Waals surface area contributed by atoms with E-state index in [1.54, 1.807) is 22.9 Å². The van der Waals surface area contributed by atoms with Crippen LogP contribution in [0.1, 0.15) is 20.8 Å². The average Bonchev–Trinajstić information content (AvgIpc) is 2.78. The summed E-state index contributed by atoms with van der Waals surface area (Å²) < 4.78 is 6.85. The molecule has 2 rings (SSSR count). The molecule has 5 nitrogen and oxygen atoms in total. The van der Waals surface area contributed by atoms with Gasteiger partial charge in [0.2, 0.25) is 0 Å². The number of ether oxygens (including phenoxy) is 1. The fourth-order valence-corrected chi connectivity index (χ4v) is 1.40. The first-order valence-corrected chi connectivity index (χ1v) is 5.50. The summed E-state index contributed by atoms with van der Waals surface area (Å²) in [6, 6.07) is 7.69. The molecule has 0 spiro atoms. The van der Waals surface area contributed by atoms with Crippen LogP contribution in [0.5, 0.6) is 5.75 Å². The van der Waals surface area contributed by atoms with Gasteiger partial charge in [0.25, 0.3) is 6.33 Å². The minimum Gasteiger partial charge on any atom is -0.497 e. The molecule has 0 fully saturated rings. The Morgan fingerprint density at radius 2 is 1.82 bits per heavy atom. The lowest BCUT2D eigenvalue weighted by Crippen LogP contribution is -2.36. The predicted octanol–water partition coefficient (Wildman–Crippen LogP) is 1.32. The normalized spacial score (nSPS) is 11.5. The summed E-state index contributed by atoms with van der Waals surface area (Å²) in [5, 5.41) is 8.63. The highest BCUT2D eigenvalue weighted by Gasteiger charge is 2.24. The van der Waals surface area contributed by atoms with Crippen molar-refractivity contribution >= 4 is 0 Å². The molecule has 1 aromatic carbocycles. The van der Waals surface area contributed by atoms with Crippen molar-refractivity contribution in [2.24, 2.45) is 0 Å². The molecule has 0 aliphatic rings. The minimum absolute atomic E-state index is 0.113. The smallest absolute Gasteiger partial charge is 0.291 e. The summed E-state index contributed by atoms with van der Waals surface area (Å²) in [6.07, 6.45) is 1.70. The fraction of sp³-hybridized carbons (Fsp3) is 0.417. The van der Waals surface area contributed by atoms with Gasteiger partial charge in [-0.3, -0.25) is 0 Å². The van der Waals surface area contributed by atoms with E-state index in [-0.39, 0.29) is 5.54 Å². The standard InChI is InChI=1S/C12H17N4O/c1-12(2,3)16-13-9-15(14-16)10-5-7-11(17-4)8-6-10/h5-9H,1-4H3/q+1. The molecule has 1 aromatic heterocycles. The van der Waals surface area contributed by atoms with E-state index in [0.29, 0.717) is 0 Å². The number of rotatable bonds is 2. The van der Waals surface area contributed by atoms with Crippen LogP contribution in [0.15, 0.2) is 30.6 Å². The molecule has 0 amide bonds. The van der Waals surface area contributed by atoms with Crippen molar-refractivity contribution in [1.82, 2.24) is 15.1 Å². The maximum Gasteiger partial charge on any atom is 0.291 e. The van der Waals surface area contributed by atoms with Crippen molar-refractivity contribution in [1.29, 1.82) is 0 Å². The van der Waals surface area contributed by atoms with Crippen LogP contribution in [0.4, 0.5) is 0 Å². The largest absolute Gasteiger partial charge is 0.497 e. The minimum atomic E-state index is -0.113. The molecule has 0 atom stereocenters. The van der Waals surface area contributed by atoms with E-state index >= 15 is 0 Å². The molecule has 0 bridgehead atoms. The predicted molar refractivity (Wildman–Crippen MR) is 63.1 cm³/mol. The van der Waals surface area contributed by atoms with E-state index in [2.05, 4.69) is 31.1 Å². The van der Waals surface area contributed by atoms with Gasteiger partial charge in [0.05, 0.1) is 17.4 Å². The van der Waals surface area contributed by atoms with Gasteiger partial charge < -0.3 is 4.74 Å². The Morgan fingerprint density at radius 3 is 2.29 bits per heavy atom. The maximum atomic E-state index is 5.11. The molecule has 1 heterocycles. The van der Waals surface area contributed by atoms with Crippen molar-refractivity contribution in [3.8, 4) is 11.4 Å². The first kappa shape index (κ1) is 11.6. The highest BCUT2D eigenvalue weighted by molar-refractivity contribution is 5.30. The molecule has 5 heteroatoms. The van der Waals surface area contributed by atoms with E-state index in [9.17, 15) is 0 Å². The Morgan fingerprint density at radius 1 is 1.18 bits per heavy atom. The quantitative estimate of drug-likeness (QED) is 0.735. The highest BCUT2D eigenvalue weighted by Crippen LogP contribution is 2.11. The first-order valence-electron chi connectivity index (χ1n) is 5.50. The summed E-state index contributed by atoms with van der Waals surface area (Å²) >= 11 is 0. The molecular weight excluding hydrogens is 216 g/mol. The molecule has 0 aliphatic carbocycles. The molecule has 0 aliphatic heterocycles. The van der Waals surface area contributed by atoms with Crippen LogP contribution in [-0.2, 0) is 5.54 Å². The molecule has 17 heavy (non-hydrogen) atoms. The molecule has 0 unspecified atom stereocenters. The van der Waals surface area contributed by atoms with Crippen LogP contribution in [0.25, 0.3) is 5.69 Å². The fourth-order valence-electron chi connectivity index (χ4n) is 1.40. The molecular formula is C12H17N4O+. The van der Waals surface area contributed by atoms with E-state index in [1.807, 2.05) is 24.3 Å². The summed E-state index contributed by atoms with van der Waals surface area (Å²) in [6.45, 7) is 6.18. The Kier molecular flexibility index (Phi) is 2.83. The van der Waals surface area contributed by atoms with Gasteiger partial charge >= 0.3 is 0 Å². The number of hydrogen-bond acceptors (Lipinski definition) is 3. The Hall–Kier alpha value is -1.91. The number of aromatic nitrogens is 4. The third-order valence-electron chi connectivity index (χ3n) is 2.39. The number of tetrazole rings is 1. The second-order valence-corrected chi connectivity index (χ2v) is 4.82. The summed E-state index contributed by atoms with van der Waals surface area (Å²) in [7, 11) is 1.65. The topological polar surface area (TPSA) is 43.8 Å². The van der Waals surface area contributed by atoms with Crippen molar-refractivity contribution in [3.63, 3.8) is 0 Å². The van der Waals surface area contributed by atoms with E-state index in [4.69, 9.17) is 4.74 Å². The first-order chi connectivity index (χ1) is 8.00.